The molecule has 2 N–H and O–H groups in total. The third kappa shape index (κ3) is 3.10. The van der Waals surface area contributed by atoms with Crippen molar-refractivity contribution in [2.45, 2.75) is 77.3 Å². The van der Waals surface area contributed by atoms with Crippen LogP contribution in [0.1, 0.15) is 73.9 Å². The van der Waals surface area contributed by atoms with Gasteiger partial charge in [0.25, 0.3) is 5.56 Å². The maximum atomic E-state index is 12.7. The van der Waals surface area contributed by atoms with Gasteiger partial charge in [0.2, 0.25) is 5.91 Å². The molecule has 1 saturated carbocycles. The highest BCUT2D eigenvalue weighted by molar-refractivity contribution is 5.93. The summed E-state index contributed by atoms with van der Waals surface area (Å²) in [6, 6.07) is 2.33. The first-order valence-electron chi connectivity index (χ1n) is 9.68. The molecule has 2 aliphatic rings. The van der Waals surface area contributed by atoms with E-state index in [1.165, 1.54) is 19.3 Å². The molecule has 7 nitrogen and oxygen atoms in total. The Labute approximate surface area is 152 Å². The molecule has 0 saturated heterocycles. The summed E-state index contributed by atoms with van der Waals surface area (Å²) in [5.74, 6) is 0.646. The van der Waals surface area contributed by atoms with Gasteiger partial charge < -0.3 is 5.32 Å². The number of H-pyrrole nitrogens is 1. The monoisotopic (exact) mass is 357 g/mol. The fraction of sp³-hybridized carbons (Fsp3) is 0.632. The van der Waals surface area contributed by atoms with Gasteiger partial charge in [0.1, 0.15) is 5.82 Å². The van der Waals surface area contributed by atoms with Gasteiger partial charge in [-0.25, -0.2) is 0 Å². The number of hydrogen-bond acceptors (Lipinski definition) is 3. The van der Waals surface area contributed by atoms with E-state index in [1.54, 1.807) is 0 Å². The largest absolute Gasteiger partial charge is 0.311 e. The van der Waals surface area contributed by atoms with Crippen molar-refractivity contribution >= 4 is 11.7 Å². The Morgan fingerprint density at radius 1 is 1.19 bits per heavy atom. The third-order valence-electron chi connectivity index (χ3n) is 5.79. The van der Waals surface area contributed by atoms with Gasteiger partial charge in [-0.2, -0.15) is 5.10 Å². The van der Waals surface area contributed by atoms with Gasteiger partial charge in [-0.15, -0.1) is 0 Å². The minimum absolute atomic E-state index is 0.000530. The molecule has 0 spiro atoms. The maximum absolute atomic E-state index is 12.7. The summed E-state index contributed by atoms with van der Waals surface area (Å²) < 4.78 is 3.90. The number of amides is 1. The summed E-state index contributed by atoms with van der Waals surface area (Å²) in [4.78, 5) is 25.0. The van der Waals surface area contributed by atoms with Crippen LogP contribution in [0.3, 0.4) is 0 Å². The molecule has 1 fully saturated rings. The molecule has 1 aliphatic heterocycles. The van der Waals surface area contributed by atoms with E-state index in [0.717, 1.165) is 36.2 Å². The van der Waals surface area contributed by atoms with Gasteiger partial charge in [-0.3, -0.25) is 24.1 Å². The molecule has 3 heterocycles. The molecule has 7 heteroatoms. The van der Waals surface area contributed by atoms with Crippen molar-refractivity contribution in [2.75, 3.05) is 5.32 Å². The number of anilines is 1. The Balaban J connectivity index is 1.60. The molecule has 1 aliphatic carbocycles. The Morgan fingerprint density at radius 2 is 1.96 bits per heavy atom. The molecule has 0 unspecified atom stereocenters. The zero-order valence-electron chi connectivity index (χ0n) is 15.5. The van der Waals surface area contributed by atoms with E-state index >= 15 is 0 Å². The van der Waals surface area contributed by atoms with Crippen LogP contribution in [0.5, 0.6) is 0 Å². The van der Waals surface area contributed by atoms with Crippen LogP contribution >= 0.6 is 0 Å². The topological polar surface area (TPSA) is 84.7 Å². The Hall–Kier alpha value is -2.31. The lowest BCUT2D eigenvalue weighted by Gasteiger charge is -2.28. The van der Waals surface area contributed by atoms with Crippen LogP contribution in [-0.4, -0.2) is 25.5 Å². The first-order valence-corrected chi connectivity index (χ1v) is 9.68. The summed E-state index contributed by atoms with van der Waals surface area (Å²) in [6.07, 6.45) is 6.82. The van der Waals surface area contributed by atoms with Crippen molar-refractivity contribution in [1.29, 1.82) is 0 Å². The highest BCUT2D eigenvalue weighted by Crippen LogP contribution is 2.37. The zero-order valence-corrected chi connectivity index (χ0v) is 15.5. The normalized spacial score (nSPS) is 20.8. The number of aryl methyl sites for hydroxylation is 3. The molecule has 26 heavy (non-hydrogen) atoms. The van der Waals surface area contributed by atoms with Crippen LogP contribution in [-0.2, 0) is 11.3 Å². The van der Waals surface area contributed by atoms with E-state index in [9.17, 15) is 9.59 Å². The van der Waals surface area contributed by atoms with Crippen LogP contribution in [0, 0.1) is 13.8 Å². The lowest BCUT2D eigenvalue weighted by Crippen LogP contribution is -2.28. The molecule has 140 valence electrons. The van der Waals surface area contributed by atoms with Crippen molar-refractivity contribution in [1.82, 2.24) is 19.6 Å². The van der Waals surface area contributed by atoms with Crippen molar-refractivity contribution in [3.8, 4) is 0 Å². The van der Waals surface area contributed by atoms with Crippen LogP contribution in [0.4, 0.5) is 5.82 Å². The molecule has 0 radical (unpaired) electrons. The van der Waals surface area contributed by atoms with Crippen LogP contribution < -0.4 is 10.9 Å². The van der Waals surface area contributed by atoms with E-state index in [0.29, 0.717) is 18.8 Å². The second kappa shape index (κ2) is 6.78. The zero-order chi connectivity index (χ0) is 18.3. The third-order valence-corrected chi connectivity index (χ3v) is 5.79. The minimum atomic E-state index is -0.0590. The number of carbonyl (C=O) groups is 1. The Bertz CT molecular complexity index is 869. The van der Waals surface area contributed by atoms with Crippen molar-refractivity contribution < 1.29 is 4.79 Å². The first kappa shape index (κ1) is 17.1. The molecule has 2 aromatic rings. The molecule has 0 bridgehead atoms. The molecule has 4 rings (SSSR count). The van der Waals surface area contributed by atoms with E-state index in [2.05, 4.69) is 15.5 Å². The van der Waals surface area contributed by atoms with E-state index in [1.807, 2.05) is 29.3 Å². The predicted molar refractivity (Wildman–Crippen MR) is 99.5 cm³/mol. The summed E-state index contributed by atoms with van der Waals surface area (Å²) in [6.45, 7) is 4.72. The molecule has 2 aromatic heterocycles. The first-order chi connectivity index (χ1) is 12.5. The second-order valence-electron chi connectivity index (χ2n) is 7.75. The van der Waals surface area contributed by atoms with E-state index < -0.39 is 0 Å². The summed E-state index contributed by atoms with van der Waals surface area (Å²) in [5.41, 5.74) is 2.79. The van der Waals surface area contributed by atoms with E-state index in [-0.39, 0.29) is 23.4 Å². The SMILES string of the molecule is Cc1cc(C)n(CC[C@H]2CC(=O)Nc3c2c(=O)[nH]n3C2CCCCC2)n1. The van der Waals surface area contributed by atoms with Gasteiger partial charge in [-0.1, -0.05) is 19.3 Å². The fourth-order valence-electron chi connectivity index (χ4n) is 4.52. The van der Waals surface area contributed by atoms with E-state index in [4.69, 9.17) is 0 Å². The van der Waals surface area contributed by atoms with Gasteiger partial charge in [0.15, 0.2) is 0 Å². The number of aromatic nitrogens is 4. The summed E-state index contributed by atoms with van der Waals surface area (Å²) >= 11 is 0. The minimum Gasteiger partial charge on any atom is -0.311 e. The van der Waals surface area contributed by atoms with Gasteiger partial charge in [0, 0.05) is 24.6 Å². The standard InChI is InChI=1S/C19H27N5O2/c1-12-10-13(2)23(21-12)9-8-14-11-16(25)20-18-17(14)19(26)22-24(18)15-6-4-3-5-7-15/h10,14-15H,3-9,11H2,1-2H3,(H,20,25)(H,22,26)/t14-/m0/s1. The van der Waals surface area contributed by atoms with Gasteiger partial charge >= 0.3 is 0 Å². The number of rotatable bonds is 4. The summed E-state index contributed by atoms with van der Waals surface area (Å²) in [5, 5.41) is 10.5. The molecular formula is C19H27N5O2. The Morgan fingerprint density at radius 3 is 2.65 bits per heavy atom. The molecule has 1 atom stereocenters. The number of nitrogens with zero attached hydrogens (tertiary/aromatic N) is 3. The fourth-order valence-corrected chi connectivity index (χ4v) is 4.52. The number of carbonyl (C=O) groups excluding carboxylic acids is 1. The highest BCUT2D eigenvalue weighted by Gasteiger charge is 2.33. The average molecular weight is 357 g/mol. The number of hydrogen-bond donors (Lipinski definition) is 2. The maximum Gasteiger partial charge on any atom is 0.269 e. The predicted octanol–water partition coefficient (Wildman–Crippen LogP) is 3.01. The summed E-state index contributed by atoms with van der Waals surface area (Å²) in [7, 11) is 0. The number of nitrogens with one attached hydrogen (secondary N) is 2. The van der Waals surface area contributed by atoms with Crippen LogP contribution in [0.25, 0.3) is 0 Å². The second-order valence-corrected chi connectivity index (χ2v) is 7.75. The van der Waals surface area contributed by atoms with Gasteiger partial charge in [-0.05, 0) is 39.2 Å². The lowest BCUT2D eigenvalue weighted by atomic mass is 9.90. The van der Waals surface area contributed by atoms with Crippen LogP contribution in [0.2, 0.25) is 0 Å². The molecule has 0 aromatic carbocycles. The van der Waals surface area contributed by atoms with Gasteiger partial charge in [0.05, 0.1) is 17.3 Å². The van der Waals surface area contributed by atoms with Crippen molar-refractivity contribution in [2.24, 2.45) is 0 Å². The van der Waals surface area contributed by atoms with Crippen molar-refractivity contribution in [3.05, 3.63) is 33.4 Å². The van der Waals surface area contributed by atoms with Crippen LogP contribution in [0.15, 0.2) is 10.9 Å². The van der Waals surface area contributed by atoms with Crippen molar-refractivity contribution in [3.63, 3.8) is 0 Å². The average Bonchev–Trinajstić information content (AvgIpc) is 3.12. The number of fused-ring (bicyclic) bond motifs is 1. The number of aromatic amines is 1. The molecular weight excluding hydrogens is 330 g/mol. The Kier molecular flexibility index (Phi) is 4.46. The highest BCUT2D eigenvalue weighted by atomic mass is 16.2. The smallest absolute Gasteiger partial charge is 0.269 e. The quantitative estimate of drug-likeness (QED) is 0.882. The molecule has 1 amide bonds. The lowest BCUT2D eigenvalue weighted by molar-refractivity contribution is -0.117.